The van der Waals surface area contributed by atoms with Gasteiger partial charge in [-0.1, -0.05) is 11.6 Å². The van der Waals surface area contributed by atoms with Crippen LogP contribution >= 0.6 is 11.6 Å². The molecule has 0 radical (unpaired) electrons. The predicted octanol–water partition coefficient (Wildman–Crippen LogP) is 3.64. The number of hydrogen-bond acceptors (Lipinski definition) is 2. The average Bonchev–Trinajstić information content (AvgIpc) is 2.88. The van der Waals surface area contributed by atoms with Crippen LogP contribution in [0.3, 0.4) is 0 Å². The van der Waals surface area contributed by atoms with E-state index in [1.807, 2.05) is 64.2 Å². The highest BCUT2D eigenvalue weighted by molar-refractivity contribution is 7.84. The zero-order chi connectivity index (χ0) is 15.6. The van der Waals surface area contributed by atoms with Crippen LogP contribution < -0.4 is 4.72 Å². The van der Waals surface area contributed by atoms with Gasteiger partial charge < -0.3 is 0 Å². The summed E-state index contributed by atoms with van der Waals surface area (Å²) in [5, 5.41) is 5.22. The van der Waals surface area contributed by atoms with E-state index in [1.165, 1.54) is 0 Å². The summed E-state index contributed by atoms with van der Waals surface area (Å²) in [5.41, 5.74) is 1.79. The fourth-order valence-electron chi connectivity index (χ4n) is 1.70. The molecule has 4 nitrogen and oxygen atoms in total. The van der Waals surface area contributed by atoms with Gasteiger partial charge in [0.2, 0.25) is 0 Å². The van der Waals surface area contributed by atoms with E-state index in [0.717, 1.165) is 11.4 Å². The van der Waals surface area contributed by atoms with E-state index in [9.17, 15) is 4.21 Å². The first-order valence-corrected chi connectivity index (χ1v) is 8.30. The van der Waals surface area contributed by atoms with Gasteiger partial charge in [-0.25, -0.2) is 13.6 Å². The summed E-state index contributed by atoms with van der Waals surface area (Å²) in [4.78, 5) is 0. The lowest BCUT2D eigenvalue weighted by Crippen LogP contribution is -2.35. The molecule has 1 aromatic carbocycles. The van der Waals surface area contributed by atoms with Crippen LogP contribution in [0.2, 0.25) is 5.02 Å². The third kappa shape index (κ3) is 4.15. The molecular formula is C15H20ClN3OS. The normalized spacial score (nSPS) is 14.9. The highest BCUT2D eigenvalue weighted by Crippen LogP contribution is 2.18. The smallest absolute Gasteiger partial charge is 0.0976 e. The second kappa shape index (κ2) is 6.30. The molecule has 6 heteroatoms. The Morgan fingerprint density at radius 1 is 1.24 bits per heavy atom. The third-order valence-electron chi connectivity index (χ3n) is 2.98. The van der Waals surface area contributed by atoms with E-state index >= 15 is 0 Å². The highest BCUT2D eigenvalue weighted by atomic mass is 35.5. The Morgan fingerprint density at radius 2 is 1.86 bits per heavy atom. The van der Waals surface area contributed by atoms with Crippen LogP contribution in [0.5, 0.6) is 0 Å². The standard InChI is InChI=1S/C15H20ClN3OS/c1-11(18-21(20)15(2,3)4)14-9-10-19(17-14)13-7-5-12(16)6-8-13/h5-11,18H,1-4H3/t11-,21+/m0/s1. The Morgan fingerprint density at radius 3 is 2.43 bits per heavy atom. The fraction of sp³-hybridized carbons (Fsp3) is 0.400. The summed E-state index contributed by atoms with van der Waals surface area (Å²) in [6, 6.07) is 9.31. The number of benzene rings is 1. The quantitative estimate of drug-likeness (QED) is 0.933. The second-order valence-corrected chi connectivity index (χ2v) is 8.32. The van der Waals surface area contributed by atoms with Gasteiger partial charge in [0.05, 0.1) is 33.2 Å². The Labute approximate surface area is 133 Å². The molecule has 1 aromatic heterocycles. The molecule has 2 aromatic rings. The maximum absolute atomic E-state index is 12.1. The van der Waals surface area contributed by atoms with Crippen molar-refractivity contribution >= 4 is 22.6 Å². The maximum atomic E-state index is 12.1. The van der Waals surface area contributed by atoms with E-state index in [-0.39, 0.29) is 10.8 Å². The van der Waals surface area contributed by atoms with Gasteiger partial charge >= 0.3 is 0 Å². The van der Waals surface area contributed by atoms with Gasteiger partial charge in [0.25, 0.3) is 0 Å². The van der Waals surface area contributed by atoms with Gasteiger partial charge in [-0.15, -0.1) is 0 Å². The van der Waals surface area contributed by atoms with E-state index in [1.54, 1.807) is 4.68 Å². The van der Waals surface area contributed by atoms with Crippen LogP contribution in [0, 0.1) is 0 Å². The van der Waals surface area contributed by atoms with Gasteiger partial charge in [0, 0.05) is 11.2 Å². The molecule has 114 valence electrons. The van der Waals surface area contributed by atoms with E-state index in [2.05, 4.69) is 9.82 Å². The van der Waals surface area contributed by atoms with E-state index < -0.39 is 11.0 Å². The maximum Gasteiger partial charge on any atom is 0.0976 e. The van der Waals surface area contributed by atoms with Gasteiger partial charge in [-0.05, 0) is 58.0 Å². The molecule has 0 aliphatic rings. The van der Waals surface area contributed by atoms with Gasteiger partial charge in [-0.2, -0.15) is 5.10 Å². The monoisotopic (exact) mass is 325 g/mol. The summed E-state index contributed by atoms with van der Waals surface area (Å²) in [6.45, 7) is 7.78. The van der Waals surface area contributed by atoms with Gasteiger partial charge in [0.15, 0.2) is 0 Å². The van der Waals surface area contributed by atoms with Crippen LogP contribution in [0.25, 0.3) is 5.69 Å². The summed E-state index contributed by atoms with van der Waals surface area (Å²) in [7, 11) is -1.12. The zero-order valence-corrected chi connectivity index (χ0v) is 14.2. The molecule has 2 atom stereocenters. The average molecular weight is 326 g/mol. The highest BCUT2D eigenvalue weighted by Gasteiger charge is 2.22. The third-order valence-corrected chi connectivity index (χ3v) is 4.92. The number of nitrogens with zero attached hydrogens (tertiary/aromatic N) is 2. The number of hydrogen-bond donors (Lipinski definition) is 1. The number of halogens is 1. The van der Waals surface area contributed by atoms with Crippen LogP contribution in [0.1, 0.15) is 39.4 Å². The molecule has 0 saturated heterocycles. The first-order valence-electron chi connectivity index (χ1n) is 6.77. The largest absolute Gasteiger partial charge is 0.242 e. The van der Waals surface area contributed by atoms with Crippen molar-refractivity contribution in [2.24, 2.45) is 0 Å². The van der Waals surface area contributed by atoms with Crippen molar-refractivity contribution in [2.45, 2.75) is 38.5 Å². The minimum absolute atomic E-state index is 0.0846. The van der Waals surface area contributed by atoms with Crippen molar-refractivity contribution in [3.05, 3.63) is 47.2 Å². The van der Waals surface area contributed by atoms with Crippen LogP contribution in [0.4, 0.5) is 0 Å². The van der Waals surface area contributed by atoms with Crippen molar-refractivity contribution in [1.82, 2.24) is 14.5 Å². The first-order chi connectivity index (χ1) is 9.77. The molecule has 1 heterocycles. The molecular weight excluding hydrogens is 306 g/mol. The van der Waals surface area contributed by atoms with E-state index in [0.29, 0.717) is 5.02 Å². The van der Waals surface area contributed by atoms with Gasteiger partial charge in [0.1, 0.15) is 0 Å². The van der Waals surface area contributed by atoms with Crippen molar-refractivity contribution in [1.29, 1.82) is 0 Å². The Bertz CT molecular complexity index is 631. The van der Waals surface area contributed by atoms with E-state index in [4.69, 9.17) is 11.6 Å². The SMILES string of the molecule is C[C@H](N[S@](=O)C(C)(C)C)c1ccn(-c2ccc(Cl)cc2)n1. The molecule has 0 spiro atoms. The predicted molar refractivity (Wildman–Crippen MR) is 88.0 cm³/mol. The Balaban J connectivity index is 2.12. The lowest BCUT2D eigenvalue weighted by Gasteiger charge is -2.21. The summed E-state index contributed by atoms with van der Waals surface area (Å²) < 4.78 is 16.7. The molecule has 0 unspecified atom stereocenters. The Hall–Kier alpha value is -1.17. The lowest BCUT2D eigenvalue weighted by atomic mass is 10.3. The number of aromatic nitrogens is 2. The molecule has 0 amide bonds. The van der Waals surface area contributed by atoms with Crippen molar-refractivity contribution in [2.75, 3.05) is 0 Å². The Kier molecular flexibility index (Phi) is 4.86. The van der Waals surface area contributed by atoms with Crippen LogP contribution in [-0.2, 0) is 11.0 Å². The molecule has 1 N–H and O–H groups in total. The minimum Gasteiger partial charge on any atom is -0.242 e. The lowest BCUT2D eigenvalue weighted by molar-refractivity contribution is 0.608. The molecule has 0 aliphatic carbocycles. The van der Waals surface area contributed by atoms with Crippen molar-refractivity contribution in [3.63, 3.8) is 0 Å². The number of rotatable bonds is 4. The zero-order valence-electron chi connectivity index (χ0n) is 12.6. The van der Waals surface area contributed by atoms with Crippen molar-refractivity contribution < 1.29 is 4.21 Å². The number of nitrogens with one attached hydrogen (secondary N) is 1. The van der Waals surface area contributed by atoms with Crippen LogP contribution in [0.15, 0.2) is 36.5 Å². The molecule has 2 rings (SSSR count). The van der Waals surface area contributed by atoms with Crippen LogP contribution in [-0.4, -0.2) is 18.7 Å². The minimum atomic E-state index is -1.12. The molecule has 0 bridgehead atoms. The van der Waals surface area contributed by atoms with Crippen molar-refractivity contribution in [3.8, 4) is 5.69 Å². The first kappa shape index (κ1) is 16.2. The molecule has 21 heavy (non-hydrogen) atoms. The molecule has 0 saturated carbocycles. The fourth-order valence-corrected chi connectivity index (χ4v) is 2.63. The van der Waals surface area contributed by atoms with Gasteiger partial charge in [-0.3, -0.25) is 0 Å². The second-order valence-electron chi connectivity index (χ2n) is 5.88. The summed E-state index contributed by atoms with van der Waals surface area (Å²) in [5.74, 6) is 0. The topological polar surface area (TPSA) is 46.9 Å². The summed E-state index contributed by atoms with van der Waals surface area (Å²) in [6.07, 6.45) is 1.89. The summed E-state index contributed by atoms with van der Waals surface area (Å²) >= 11 is 5.88. The molecule has 0 aliphatic heterocycles. The molecule has 0 fully saturated rings.